The molecule has 27 heavy (non-hydrogen) atoms. The molecule has 1 aromatic heterocycles. The average molecular weight is 482 g/mol. The summed E-state index contributed by atoms with van der Waals surface area (Å²) in [6, 6.07) is 8.47. The first-order valence-electron chi connectivity index (χ1n) is 7.59. The monoisotopic (exact) mass is 482 g/mol. The van der Waals surface area contributed by atoms with Crippen LogP contribution in [0.15, 0.2) is 40.5 Å². The van der Waals surface area contributed by atoms with Crippen LogP contribution in [0.4, 0.5) is 0 Å². The maximum absolute atomic E-state index is 12.2. The van der Waals surface area contributed by atoms with Gasteiger partial charge in [-0.2, -0.15) is 5.26 Å². The summed E-state index contributed by atoms with van der Waals surface area (Å²) in [4.78, 5) is 22.9. The number of nitrogens with zero attached hydrogens (tertiary/aromatic N) is 1. The van der Waals surface area contributed by atoms with Crippen molar-refractivity contribution in [3.8, 4) is 17.6 Å². The maximum atomic E-state index is 12.2. The smallest absolute Gasteiger partial charge is 0.341 e. The van der Waals surface area contributed by atoms with E-state index in [2.05, 4.69) is 5.32 Å². The van der Waals surface area contributed by atoms with Crippen LogP contribution in [0.25, 0.3) is 6.08 Å². The van der Waals surface area contributed by atoms with Crippen molar-refractivity contribution in [3.05, 3.63) is 51.0 Å². The van der Waals surface area contributed by atoms with Gasteiger partial charge in [0, 0.05) is 0 Å². The third kappa shape index (κ3) is 5.75. The molecule has 0 radical (unpaired) electrons. The minimum Gasteiger partial charge on any atom is -0.493 e. The number of carboxylic acid groups (broad SMARTS) is 1. The van der Waals surface area contributed by atoms with Gasteiger partial charge < -0.3 is 24.3 Å². The van der Waals surface area contributed by atoms with E-state index in [1.165, 1.54) is 19.4 Å². The summed E-state index contributed by atoms with van der Waals surface area (Å²) < 4.78 is 16.2. The van der Waals surface area contributed by atoms with Crippen LogP contribution in [-0.2, 0) is 16.1 Å². The second-order valence-electron chi connectivity index (χ2n) is 5.15. The number of furan rings is 1. The topological polar surface area (TPSA) is 122 Å². The molecule has 140 valence electrons. The van der Waals surface area contributed by atoms with Crippen LogP contribution < -0.4 is 14.8 Å². The Morgan fingerprint density at radius 3 is 2.81 bits per heavy atom. The highest BCUT2D eigenvalue weighted by atomic mass is 127. The minimum atomic E-state index is -1.11. The van der Waals surface area contributed by atoms with E-state index in [0.717, 1.165) is 0 Å². The fourth-order valence-corrected chi connectivity index (χ4v) is 2.87. The molecule has 1 aromatic carbocycles. The second-order valence-corrected chi connectivity index (χ2v) is 6.31. The number of ether oxygens (including phenoxy) is 2. The molecule has 0 atom stereocenters. The lowest BCUT2D eigenvalue weighted by Crippen LogP contribution is -2.23. The van der Waals surface area contributed by atoms with Crippen molar-refractivity contribution in [1.82, 2.24) is 5.32 Å². The molecule has 0 spiro atoms. The lowest BCUT2D eigenvalue weighted by atomic mass is 10.1. The number of carboxylic acids is 1. The summed E-state index contributed by atoms with van der Waals surface area (Å²) in [5, 5.41) is 20.6. The molecule has 2 aromatic rings. The van der Waals surface area contributed by atoms with E-state index < -0.39 is 18.5 Å². The van der Waals surface area contributed by atoms with Gasteiger partial charge in [-0.15, -0.1) is 0 Å². The van der Waals surface area contributed by atoms with Gasteiger partial charge in [0.25, 0.3) is 5.91 Å². The lowest BCUT2D eigenvalue weighted by Gasteiger charge is -2.12. The predicted octanol–water partition coefficient (Wildman–Crippen LogP) is 2.58. The van der Waals surface area contributed by atoms with Crippen LogP contribution in [0.3, 0.4) is 0 Å². The van der Waals surface area contributed by atoms with E-state index >= 15 is 0 Å². The molecule has 0 aliphatic heterocycles. The molecule has 0 aliphatic carbocycles. The Kier molecular flexibility index (Phi) is 7.25. The fourth-order valence-electron chi connectivity index (χ4n) is 2.09. The van der Waals surface area contributed by atoms with E-state index in [1.54, 1.807) is 24.3 Å². The Labute approximate surface area is 168 Å². The van der Waals surface area contributed by atoms with Crippen molar-refractivity contribution < 1.29 is 28.6 Å². The number of hydrogen-bond acceptors (Lipinski definition) is 6. The molecular formula is C18H15IN2O6. The molecule has 0 fully saturated rings. The Bertz CT molecular complexity index is 899. The largest absolute Gasteiger partial charge is 0.493 e. The molecule has 8 nitrogen and oxygen atoms in total. The van der Waals surface area contributed by atoms with E-state index in [4.69, 9.17) is 19.0 Å². The first-order valence-corrected chi connectivity index (χ1v) is 8.67. The maximum Gasteiger partial charge on any atom is 0.341 e. The Morgan fingerprint density at radius 2 is 2.22 bits per heavy atom. The van der Waals surface area contributed by atoms with Gasteiger partial charge in [0.05, 0.1) is 23.5 Å². The standard InChI is InChI=1S/C18H15IN2O6/c1-25-15-7-11(6-14(19)17(15)27-10-16(22)23)5-12(8-20)18(24)21-9-13-3-2-4-26-13/h2-7H,9-10H2,1H3,(H,21,24)(H,22,23). The summed E-state index contributed by atoms with van der Waals surface area (Å²) in [5.41, 5.74) is 0.433. The van der Waals surface area contributed by atoms with Crippen LogP contribution in [-0.4, -0.2) is 30.7 Å². The van der Waals surface area contributed by atoms with Crippen molar-refractivity contribution in [2.24, 2.45) is 0 Å². The molecule has 2 N–H and O–H groups in total. The summed E-state index contributed by atoms with van der Waals surface area (Å²) in [5.74, 6) is -0.524. The zero-order chi connectivity index (χ0) is 19.8. The number of carbonyl (C=O) groups is 2. The molecule has 1 amide bonds. The summed E-state index contributed by atoms with van der Waals surface area (Å²) >= 11 is 1.96. The van der Waals surface area contributed by atoms with Gasteiger partial charge in [0.15, 0.2) is 18.1 Å². The highest BCUT2D eigenvalue weighted by Crippen LogP contribution is 2.34. The second kappa shape index (κ2) is 9.63. The number of benzene rings is 1. The molecule has 0 unspecified atom stereocenters. The summed E-state index contributed by atoms with van der Waals surface area (Å²) in [7, 11) is 1.41. The van der Waals surface area contributed by atoms with Gasteiger partial charge in [-0.25, -0.2) is 4.79 Å². The van der Waals surface area contributed by atoms with Crippen LogP contribution in [0.2, 0.25) is 0 Å². The summed E-state index contributed by atoms with van der Waals surface area (Å²) in [6.45, 7) is -0.353. The third-order valence-electron chi connectivity index (χ3n) is 3.27. The third-order valence-corrected chi connectivity index (χ3v) is 4.07. The molecule has 0 saturated heterocycles. The van der Waals surface area contributed by atoms with Gasteiger partial charge in [-0.1, -0.05) is 0 Å². The first kappa shape index (κ1) is 20.3. The quantitative estimate of drug-likeness (QED) is 0.337. The number of hydrogen-bond donors (Lipinski definition) is 2. The van der Waals surface area contributed by atoms with Crippen molar-refractivity contribution in [2.75, 3.05) is 13.7 Å². The molecule has 2 rings (SSSR count). The Balaban J connectivity index is 2.21. The number of rotatable bonds is 8. The molecule has 0 aliphatic rings. The number of methoxy groups -OCH3 is 1. The zero-order valence-corrected chi connectivity index (χ0v) is 16.3. The normalized spacial score (nSPS) is 10.8. The average Bonchev–Trinajstić information content (AvgIpc) is 3.16. The fraction of sp³-hybridized carbons (Fsp3) is 0.167. The number of carbonyl (C=O) groups excluding carboxylic acids is 1. The van der Waals surface area contributed by atoms with Crippen molar-refractivity contribution >= 4 is 40.5 Å². The van der Waals surface area contributed by atoms with Crippen molar-refractivity contribution in [1.29, 1.82) is 5.26 Å². The van der Waals surface area contributed by atoms with E-state index in [9.17, 15) is 14.9 Å². The molecule has 0 bridgehead atoms. The van der Waals surface area contributed by atoms with Crippen LogP contribution >= 0.6 is 22.6 Å². The Hall–Kier alpha value is -3.00. The van der Waals surface area contributed by atoms with Gasteiger partial charge in [0.1, 0.15) is 17.4 Å². The van der Waals surface area contributed by atoms with Gasteiger partial charge >= 0.3 is 5.97 Å². The highest BCUT2D eigenvalue weighted by molar-refractivity contribution is 14.1. The molecule has 0 saturated carbocycles. The van der Waals surface area contributed by atoms with Crippen molar-refractivity contribution in [2.45, 2.75) is 6.54 Å². The van der Waals surface area contributed by atoms with Crippen molar-refractivity contribution in [3.63, 3.8) is 0 Å². The SMILES string of the molecule is COc1cc(C=C(C#N)C(=O)NCc2ccco2)cc(I)c1OCC(=O)O. The Morgan fingerprint density at radius 1 is 1.44 bits per heavy atom. The number of amides is 1. The van der Waals surface area contributed by atoms with Crippen LogP contribution in [0.5, 0.6) is 11.5 Å². The number of aliphatic carboxylic acids is 1. The van der Waals surface area contributed by atoms with E-state index in [1.807, 2.05) is 28.7 Å². The molecular weight excluding hydrogens is 467 g/mol. The highest BCUT2D eigenvalue weighted by Gasteiger charge is 2.15. The van der Waals surface area contributed by atoms with Crippen LogP contribution in [0, 0.1) is 14.9 Å². The van der Waals surface area contributed by atoms with E-state index in [-0.39, 0.29) is 17.9 Å². The zero-order valence-electron chi connectivity index (χ0n) is 14.2. The lowest BCUT2D eigenvalue weighted by molar-refractivity contribution is -0.139. The summed E-state index contributed by atoms with van der Waals surface area (Å²) in [6.07, 6.45) is 2.90. The van der Waals surface area contributed by atoms with Gasteiger partial charge in [0.2, 0.25) is 0 Å². The number of nitriles is 1. The van der Waals surface area contributed by atoms with Gasteiger partial charge in [-0.05, 0) is 58.5 Å². The molecule has 1 heterocycles. The molecule has 9 heteroatoms. The van der Waals surface area contributed by atoms with Crippen LogP contribution in [0.1, 0.15) is 11.3 Å². The van der Waals surface area contributed by atoms with Gasteiger partial charge in [-0.3, -0.25) is 4.79 Å². The predicted molar refractivity (Wildman–Crippen MR) is 103 cm³/mol. The van der Waals surface area contributed by atoms with E-state index in [0.29, 0.717) is 20.6 Å². The number of nitrogens with one attached hydrogen (secondary N) is 1. The first-order chi connectivity index (χ1) is 12.9. The minimum absolute atomic E-state index is 0.0985. The number of halogens is 1.